The number of nitrogens with one attached hydrogen (secondary N) is 2. The Bertz CT molecular complexity index is 858. The van der Waals surface area contributed by atoms with Crippen LogP contribution >= 0.6 is 0 Å². The molecule has 0 saturated carbocycles. The molecule has 0 spiro atoms. The van der Waals surface area contributed by atoms with Gasteiger partial charge in [-0.1, -0.05) is 12.1 Å². The van der Waals surface area contributed by atoms with Crippen LogP contribution < -0.4 is 10.1 Å². The zero-order chi connectivity index (χ0) is 16.9. The molecule has 124 valence electrons. The molecule has 2 aromatic carbocycles. The van der Waals surface area contributed by atoms with Gasteiger partial charge in [-0.2, -0.15) is 5.10 Å². The second kappa shape index (κ2) is 7.14. The van der Waals surface area contributed by atoms with Crippen molar-refractivity contribution in [3.63, 3.8) is 0 Å². The summed E-state index contributed by atoms with van der Waals surface area (Å²) in [5.41, 5.74) is 2.87. The largest absolute Gasteiger partial charge is 0.496 e. The summed E-state index contributed by atoms with van der Waals surface area (Å²) >= 11 is 0. The van der Waals surface area contributed by atoms with Crippen molar-refractivity contribution >= 4 is 22.5 Å². The molecular weight excluding hydrogens is 306 g/mol. The molecule has 2 N–H and O–H groups in total. The number of aromatic amines is 1. The number of benzene rings is 2. The highest BCUT2D eigenvalue weighted by molar-refractivity contribution is 6.08. The van der Waals surface area contributed by atoms with E-state index in [0.29, 0.717) is 30.2 Å². The normalized spacial score (nSPS) is 10.8. The van der Waals surface area contributed by atoms with Gasteiger partial charge >= 0.3 is 0 Å². The van der Waals surface area contributed by atoms with E-state index in [9.17, 15) is 4.79 Å². The molecule has 1 heterocycles. The molecule has 24 heavy (non-hydrogen) atoms. The van der Waals surface area contributed by atoms with Crippen molar-refractivity contribution in [2.75, 3.05) is 19.0 Å². The number of anilines is 1. The molecule has 0 atom stereocenters. The minimum absolute atomic E-state index is 0.197. The number of nitrogens with zero attached hydrogens (tertiary/aromatic N) is 1. The number of methoxy groups -OCH3 is 1. The molecule has 0 bridgehead atoms. The van der Waals surface area contributed by atoms with Gasteiger partial charge in [0.05, 0.1) is 31.1 Å². The Morgan fingerprint density at radius 3 is 2.96 bits per heavy atom. The number of aromatic nitrogens is 2. The van der Waals surface area contributed by atoms with E-state index in [2.05, 4.69) is 15.5 Å². The van der Waals surface area contributed by atoms with E-state index in [-0.39, 0.29) is 5.91 Å². The van der Waals surface area contributed by atoms with Crippen LogP contribution in [-0.4, -0.2) is 29.8 Å². The summed E-state index contributed by atoms with van der Waals surface area (Å²) in [5.74, 6) is 0.508. The number of amides is 1. The van der Waals surface area contributed by atoms with Gasteiger partial charge in [-0.15, -0.1) is 0 Å². The minimum atomic E-state index is -0.197. The van der Waals surface area contributed by atoms with E-state index in [1.54, 1.807) is 31.5 Å². The van der Waals surface area contributed by atoms with E-state index >= 15 is 0 Å². The Kier molecular flexibility index (Phi) is 4.77. The number of fused-ring (bicyclic) bond motifs is 1. The van der Waals surface area contributed by atoms with E-state index in [1.165, 1.54) is 0 Å². The average Bonchev–Trinajstić information content (AvgIpc) is 3.09. The molecule has 0 unspecified atom stereocenters. The van der Waals surface area contributed by atoms with Gasteiger partial charge in [-0.3, -0.25) is 9.89 Å². The Hall–Kier alpha value is -2.86. The quantitative estimate of drug-likeness (QED) is 0.728. The lowest BCUT2D eigenvalue weighted by atomic mass is 10.1. The fourth-order valence-corrected chi connectivity index (χ4v) is 2.51. The van der Waals surface area contributed by atoms with E-state index < -0.39 is 0 Å². The highest BCUT2D eigenvalue weighted by Gasteiger charge is 2.12. The molecule has 0 aliphatic heterocycles. The van der Waals surface area contributed by atoms with Gasteiger partial charge in [0.2, 0.25) is 0 Å². The van der Waals surface area contributed by atoms with Gasteiger partial charge < -0.3 is 14.8 Å². The number of para-hydroxylation sites is 1. The summed E-state index contributed by atoms with van der Waals surface area (Å²) in [4.78, 5) is 12.6. The van der Waals surface area contributed by atoms with Crippen LogP contribution in [0.2, 0.25) is 0 Å². The summed E-state index contributed by atoms with van der Waals surface area (Å²) in [5, 5.41) is 10.8. The molecule has 3 rings (SSSR count). The summed E-state index contributed by atoms with van der Waals surface area (Å²) < 4.78 is 10.8. The topological polar surface area (TPSA) is 76.2 Å². The molecule has 6 heteroatoms. The van der Waals surface area contributed by atoms with E-state index in [1.807, 2.05) is 25.1 Å². The molecule has 1 amide bonds. The highest BCUT2D eigenvalue weighted by Crippen LogP contribution is 2.24. The summed E-state index contributed by atoms with van der Waals surface area (Å²) in [6, 6.07) is 10.9. The van der Waals surface area contributed by atoms with Crippen LogP contribution in [-0.2, 0) is 11.3 Å². The molecular formula is C18H19N3O3. The molecule has 6 nitrogen and oxygen atoms in total. The van der Waals surface area contributed by atoms with Crippen LogP contribution in [0, 0.1) is 0 Å². The van der Waals surface area contributed by atoms with Gasteiger partial charge in [-0.25, -0.2) is 0 Å². The maximum Gasteiger partial charge on any atom is 0.255 e. The lowest BCUT2D eigenvalue weighted by Crippen LogP contribution is -2.13. The first-order valence-corrected chi connectivity index (χ1v) is 7.71. The molecule has 0 saturated heterocycles. The third-order valence-corrected chi connectivity index (χ3v) is 3.73. The number of ether oxygens (including phenoxy) is 2. The smallest absolute Gasteiger partial charge is 0.255 e. The van der Waals surface area contributed by atoms with Crippen molar-refractivity contribution in [2.24, 2.45) is 0 Å². The number of rotatable bonds is 6. The monoisotopic (exact) mass is 325 g/mol. The molecule has 0 aliphatic carbocycles. The van der Waals surface area contributed by atoms with Gasteiger partial charge in [0.1, 0.15) is 5.75 Å². The Morgan fingerprint density at radius 2 is 2.17 bits per heavy atom. The Morgan fingerprint density at radius 1 is 1.29 bits per heavy atom. The predicted octanol–water partition coefficient (Wildman–Crippen LogP) is 3.36. The Labute approximate surface area is 139 Å². The maximum absolute atomic E-state index is 12.6. The molecule has 0 aliphatic rings. The molecule has 0 radical (unpaired) electrons. The number of hydrogen-bond acceptors (Lipinski definition) is 4. The zero-order valence-electron chi connectivity index (χ0n) is 13.6. The number of hydrogen-bond donors (Lipinski definition) is 2. The van der Waals surface area contributed by atoms with Gasteiger partial charge in [-0.05, 0) is 31.2 Å². The van der Waals surface area contributed by atoms with Crippen molar-refractivity contribution in [3.05, 3.63) is 53.7 Å². The Balaban J connectivity index is 1.85. The predicted molar refractivity (Wildman–Crippen MR) is 92.4 cm³/mol. The average molecular weight is 325 g/mol. The molecule has 3 aromatic rings. The second-order valence-electron chi connectivity index (χ2n) is 5.26. The highest BCUT2D eigenvalue weighted by atomic mass is 16.5. The van der Waals surface area contributed by atoms with Crippen molar-refractivity contribution in [1.29, 1.82) is 0 Å². The third kappa shape index (κ3) is 3.23. The van der Waals surface area contributed by atoms with Crippen LogP contribution in [0.1, 0.15) is 22.8 Å². The lowest BCUT2D eigenvalue weighted by molar-refractivity contribution is 0.102. The summed E-state index contributed by atoms with van der Waals surface area (Å²) in [6.07, 6.45) is 1.72. The van der Waals surface area contributed by atoms with Crippen LogP contribution in [0.3, 0.4) is 0 Å². The van der Waals surface area contributed by atoms with Crippen LogP contribution in [0.4, 0.5) is 5.69 Å². The first-order chi connectivity index (χ1) is 11.7. The van der Waals surface area contributed by atoms with Gasteiger partial charge in [0.15, 0.2) is 0 Å². The maximum atomic E-state index is 12.6. The second-order valence-corrected chi connectivity index (χ2v) is 5.26. The first-order valence-electron chi connectivity index (χ1n) is 7.71. The fourth-order valence-electron chi connectivity index (χ4n) is 2.51. The van der Waals surface area contributed by atoms with Gasteiger partial charge in [0, 0.05) is 23.1 Å². The van der Waals surface area contributed by atoms with Crippen LogP contribution in [0.5, 0.6) is 5.75 Å². The minimum Gasteiger partial charge on any atom is -0.496 e. The molecule has 0 fully saturated rings. The SMILES string of the molecule is CCOCc1cc(C(=O)Nc2cccc3cn[nH]c23)ccc1OC. The number of carbonyl (C=O) groups excluding carboxylic acids is 1. The van der Waals surface area contributed by atoms with Crippen molar-refractivity contribution in [1.82, 2.24) is 10.2 Å². The van der Waals surface area contributed by atoms with Crippen molar-refractivity contribution in [2.45, 2.75) is 13.5 Å². The van der Waals surface area contributed by atoms with Crippen molar-refractivity contribution < 1.29 is 14.3 Å². The number of H-pyrrole nitrogens is 1. The molecule has 1 aromatic heterocycles. The zero-order valence-corrected chi connectivity index (χ0v) is 13.6. The summed E-state index contributed by atoms with van der Waals surface area (Å²) in [6.45, 7) is 2.92. The third-order valence-electron chi connectivity index (χ3n) is 3.73. The fraction of sp³-hybridized carbons (Fsp3) is 0.222. The first kappa shape index (κ1) is 16.0. The van der Waals surface area contributed by atoms with E-state index in [4.69, 9.17) is 9.47 Å². The van der Waals surface area contributed by atoms with Crippen LogP contribution in [0.25, 0.3) is 10.9 Å². The van der Waals surface area contributed by atoms with E-state index in [0.717, 1.165) is 16.5 Å². The van der Waals surface area contributed by atoms with Gasteiger partial charge in [0.25, 0.3) is 5.91 Å². The van der Waals surface area contributed by atoms with Crippen LogP contribution in [0.15, 0.2) is 42.6 Å². The van der Waals surface area contributed by atoms with Crippen molar-refractivity contribution in [3.8, 4) is 5.75 Å². The standard InChI is InChI=1S/C18H19N3O3/c1-3-24-11-14-9-12(7-8-16(14)23-2)18(22)20-15-6-4-5-13-10-19-21-17(13)15/h4-10H,3,11H2,1-2H3,(H,19,21)(H,20,22). The number of carbonyl (C=O) groups is 1. The summed E-state index contributed by atoms with van der Waals surface area (Å²) in [7, 11) is 1.60. The lowest BCUT2D eigenvalue weighted by Gasteiger charge is -2.11.